The number of nitrogens with one attached hydrogen (secondary N) is 2. The summed E-state index contributed by atoms with van der Waals surface area (Å²) in [6.45, 7) is 1.37. The zero-order valence-corrected chi connectivity index (χ0v) is 30.2. The number of benzene rings is 2. The van der Waals surface area contributed by atoms with Gasteiger partial charge in [-0.3, -0.25) is 10.1 Å². The average Bonchev–Trinajstić information content (AvgIpc) is 3.75. The highest BCUT2D eigenvalue weighted by Crippen LogP contribution is 2.44. The number of carboxylic acid groups (broad SMARTS) is 1. The van der Waals surface area contributed by atoms with E-state index in [-0.39, 0.29) is 41.6 Å². The molecule has 0 radical (unpaired) electrons. The van der Waals surface area contributed by atoms with Crippen LogP contribution in [0, 0.1) is 0 Å². The van der Waals surface area contributed by atoms with E-state index in [2.05, 4.69) is 21.7 Å². The molecule has 4 atom stereocenters. The molecular formula is C38H42Cl2N4O7. The van der Waals surface area contributed by atoms with E-state index >= 15 is 0 Å². The molecule has 0 spiro atoms. The molecule has 4 aromatic rings. The lowest BCUT2D eigenvalue weighted by molar-refractivity contribution is -0.145. The van der Waals surface area contributed by atoms with Gasteiger partial charge in [-0.25, -0.2) is 4.98 Å². The lowest BCUT2D eigenvalue weighted by atomic mass is 9.94. The van der Waals surface area contributed by atoms with E-state index < -0.39 is 18.1 Å². The van der Waals surface area contributed by atoms with Crippen LogP contribution < -0.4 is 24.8 Å². The number of carboxylic acids is 1. The maximum absolute atomic E-state index is 11.6. The quantitative estimate of drug-likeness (QED) is 0.102. The van der Waals surface area contributed by atoms with Crippen LogP contribution in [0.25, 0.3) is 22.4 Å². The van der Waals surface area contributed by atoms with Crippen molar-refractivity contribution >= 4 is 29.2 Å². The fourth-order valence-corrected chi connectivity index (χ4v) is 7.33. The van der Waals surface area contributed by atoms with E-state index in [1.165, 1.54) is 14.0 Å². The van der Waals surface area contributed by atoms with Crippen molar-refractivity contribution in [2.45, 2.75) is 75.9 Å². The number of carbonyl (C=O) groups is 1. The molecule has 2 aliphatic rings. The molecule has 6 rings (SSSR count). The summed E-state index contributed by atoms with van der Waals surface area (Å²) in [7, 11) is 3.06. The van der Waals surface area contributed by atoms with Crippen LogP contribution >= 0.6 is 23.2 Å². The molecule has 2 aromatic carbocycles. The Kier molecular flexibility index (Phi) is 11.4. The number of methoxy groups -OCH3 is 2. The van der Waals surface area contributed by atoms with Gasteiger partial charge in [0.05, 0.1) is 37.6 Å². The minimum absolute atomic E-state index is 0.0457. The van der Waals surface area contributed by atoms with E-state index in [0.717, 1.165) is 59.1 Å². The lowest BCUT2D eigenvalue weighted by Crippen LogP contribution is -2.52. The van der Waals surface area contributed by atoms with Gasteiger partial charge in [0.1, 0.15) is 16.7 Å². The van der Waals surface area contributed by atoms with Crippen LogP contribution in [0.3, 0.4) is 0 Å². The highest BCUT2D eigenvalue weighted by molar-refractivity contribution is 6.36. The number of fused-ring (bicyclic) bond motifs is 1. The Balaban J connectivity index is 1.23. The molecule has 0 saturated heterocycles. The van der Waals surface area contributed by atoms with Crippen LogP contribution in [-0.4, -0.2) is 69.8 Å². The molecule has 2 aliphatic carbocycles. The third-order valence-corrected chi connectivity index (χ3v) is 10.5. The van der Waals surface area contributed by atoms with E-state index in [0.29, 0.717) is 35.1 Å². The second kappa shape index (κ2) is 15.7. The first-order valence-electron chi connectivity index (χ1n) is 16.9. The lowest BCUT2D eigenvalue weighted by Gasteiger charge is -2.24. The van der Waals surface area contributed by atoms with Crippen molar-refractivity contribution in [1.82, 2.24) is 20.6 Å². The van der Waals surface area contributed by atoms with Crippen LogP contribution in [0.4, 0.5) is 0 Å². The Morgan fingerprint density at radius 2 is 1.65 bits per heavy atom. The number of nitrogens with zero attached hydrogens (tertiary/aromatic N) is 2. The smallest absolute Gasteiger partial charge is 0.326 e. The number of hydrogen-bond donors (Lipinski definition) is 5. The van der Waals surface area contributed by atoms with E-state index in [1.54, 1.807) is 13.2 Å². The molecule has 2 aromatic heterocycles. The highest BCUT2D eigenvalue weighted by atomic mass is 35.5. The van der Waals surface area contributed by atoms with Gasteiger partial charge in [0, 0.05) is 41.4 Å². The first-order chi connectivity index (χ1) is 24.6. The molecule has 270 valence electrons. The van der Waals surface area contributed by atoms with Gasteiger partial charge in [0.2, 0.25) is 17.6 Å². The predicted octanol–water partition coefficient (Wildman–Crippen LogP) is 6.13. The van der Waals surface area contributed by atoms with Gasteiger partial charge in [-0.05, 0) is 67.9 Å². The maximum atomic E-state index is 11.6. The fraction of sp³-hybridized carbons (Fsp3) is 0.395. The van der Waals surface area contributed by atoms with Crippen LogP contribution in [0.15, 0.2) is 54.6 Å². The summed E-state index contributed by atoms with van der Waals surface area (Å²) >= 11 is 13.8. The number of rotatable bonds is 14. The zero-order chi connectivity index (χ0) is 36.3. The highest BCUT2D eigenvalue weighted by Gasteiger charge is 2.33. The summed E-state index contributed by atoms with van der Waals surface area (Å²) in [6.07, 6.45) is 3.54. The SMILES string of the molecule is COc1nc(-c2cccc(-c3cccc4c3CC[C@@H]4Oc3nc(OC)c(CNC(C)(CO)C(=O)O)cc3Cl)c2Cl)ccc1CN[C@@H]1CCC[C@@H]1O. The van der Waals surface area contributed by atoms with Gasteiger partial charge >= 0.3 is 5.97 Å². The van der Waals surface area contributed by atoms with Crippen LogP contribution in [-0.2, 0) is 24.3 Å². The number of ether oxygens (including phenoxy) is 3. The van der Waals surface area contributed by atoms with Crippen molar-refractivity contribution < 1.29 is 34.3 Å². The molecule has 1 fully saturated rings. The number of halogens is 2. The van der Waals surface area contributed by atoms with Gasteiger partial charge in [0.15, 0.2) is 0 Å². The zero-order valence-electron chi connectivity index (χ0n) is 28.7. The van der Waals surface area contributed by atoms with Crippen molar-refractivity contribution in [2.24, 2.45) is 0 Å². The Labute approximate surface area is 306 Å². The molecule has 1 unspecified atom stereocenters. The molecule has 11 nitrogen and oxygen atoms in total. The van der Waals surface area contributed by atoms with Crippen molar-refractivity contribution in [1.29, 1.82) is 0 Å². The predicted molar refractivity (Wildman–Crippen MR) is 195 cm³/mol. The molecule has 0 aliphatic heterocycles. The number of pyridine rings is 2. The third-order valence-electron chi connectivity index (χ3n) is 9.83. The Morgan fingerprint density at radius 3 is 2.35 bits per heavy atom. The van der Waals surface area contributed by atoms with Crippen molar-refractivity contribution in [2.75, 3.05) is 20.8 Å². The van der Waals surface area contributed by atoms with Gasteiger partial charge < -0.3 is 34.8 Å². The van der Waals surface area contributed by atoms with Crippen LogP contribution in [0.5, 0.6) is 17.6 Å². The minimum atomic E-state index is -1.55. The van der Waals surface area contributed by atoms with Crippen molar-refractivity contribution in [3.05, 3.63) is 86.9 Å². The Hall–Kier alpha value is -3.97. The normalized spacial score (nSPS) is 19.4. The van der Waals surface area contributed by atoms with Gasteiger partial charge in [-0.2, -0.15) is 4.98 Å². The molecule has 13 heteroatoms. The summed E-state index contributed by atoms with van der Waals surface area (Å²) in [5.74, 6) is -0.259. The summed E-state index contributed by atoms with van der Waals surface area (Å²) < 4.78 is 17.5. The number of aliphatic hydroxyl groups excluding tert-OH is 2. The number of hydrogen-bond acceptors (Lipinski definition) is 10. The monoisotopic (exact) mass is 736 g/mol. The molecule has 5 N–H and O–H groups in total. The Morgan fingerprint density at radius 1 is 0.922 bits per heavy atom. The minimum Gasteiger partial charge on any atom is -0.481 e. The molecule has 1 saturated carbocycles. The van der Waals surface area contributed by atoms with Crippen LogP contribution in [0.2, 0.25) is 10.0 Å². The summed E-state index contributed by atoms with van der Waals surface area (Å²) in [5, 5.41) is 36.4. The summed E-state index contributed by atoms with van der Waals surface area (Å²) in [6, 6.07) is 17.6. The number of aromatic nitrogens is 2. The summed E-state index contributed by atoms with van der Waals surface area (Å²) in [5.41, 5.74) is 5.33. The second-order valence-corrected chi connectivity index (χ2v) is 13.9. The van der Waals surface area contributed by atoms with Gasteiger partial charge in [-0.1, -0.05) is 65.7 Å². The standard InChI is InChI=1S/C38H42Cl2N4O7/c1-38(20-45,37(47)48)42-19-22-17-28(39)36(44-35(22)50-3)51-32-16-14-24-23(7-4-8-25(24)32)26-9-5-10-27(33(26)40)29-15-13-21(34(43-29)49-2)18-41-30-11-6-12-31(30)46/h4-5,7-10,13,15,17,30-32,41-42,45-46H,6,11-12,14,16,18-20H2,1-3H3,(H,47,48)/t30-,31+,32+,38?/m1/s1. The van der Waals surface area contributed by atoms with E-state index in [1.807, 2.05) is 42.5 Å². The van der Waals surface area contributed by atoms with Crippen LogP contribution in [0.1, 0.15) is 61.0 Å². The molecule has 0 amide bonds. The second-order valence-electron chi connectivity index (χ2n) is 13.1. The molecular weight excluding hydrogens is 695 g/mol. The van der Waals surface area contributed by atoms with E-state index in [9.17, 15) is 20.1 Å². The van der Waals surface area contributed by atoms with Gasteiger partial charge in [-0.15, -0.1) is 0 Å². The largest absolute Gasteiger partial charge is 0.481 e. The first kappa shape index (κ1) is 36.8. The average molecular weight is 738 g/mol. The Bertz CT molecular complexity index is 1910. The number of aliphatic carboxylic acids is 1. The molecule has 0 bridgehead atoms. The molecule has 2 heterocycles. The third kappa shape index (κ3) is 7.65. The first-order valence-corrected chi connectivity index (χ1v) is 17.7. The topological polar surface area (TPSA) is 155 Å². The maximum Gasteiger partial charge on any atom is 0.326 e. The fourth-order valence-electron chi connectivity index (χ4n) is 6.78. The van der Waals surface area contributed by atoms with Gasteiger partial charge in [0.25, 0.3) is 0 Å². The molecule has 51 heavy (non-hydrogen) atoms. The van der Waals surface area contributed by atoms with Crippen molar-refractivity contribution in [3.8, 4) is 40.0 Å². The number of aliphatic hydroxyl groups is 2. The van der Waals surface area contributed by atoms with Crippen molar-refractivity contribution in [3.63, 3.8) is 0 Å². The van der Waals surface area contributed by atoms with E-state index in [4.69, 9.17) is 42.4 Å². The summed E-state index contributed by atoms with van der Waals surface area (Å²) in [4.78, 5) is 20.9.